The molecule has 81 heavy (non-hydrogen) atoms. The average Bonchev–Trinajstić information content (AvgIpc) is 3.51. The highest BCUT2D eigenvalue weighted by atomic mass is 16.7. The van der Waals surface area contributed by atoms with Gasteiger partial charge < -0.3 is 45.1 Å². The van der Waals surface area contributed by atoms with E-state index in [1.807, 2.05) is 6.08 Å². The number of ether oxygens (including phenoxy) is 3. The van der Waals surface area contributed by atoms with Crippen molar-refractivity contribution in [1.29, 1.82) is 0 Å². The van der Waals surface area contributed by atoms with Crippen LogP contribution in [0.2, 0.25) is 0 Å². The Bertz CT molecular complexity index is 1690. The Labute approximate surface area is 495 Å². The van der Waals surface area contributed by atoms with Gasteiger partial charge in [0, 0.05) is 6.42 Å². The molecule has 11 nitrogen and oxygen atoms in total. The number of unbranched alkanes of at least 4 members (excludes halogenated alkanes) is 27. The topological polar surface area (TPSA) is 175 Å². The maximum Gasteiger partial charge on any atom is 0.306 e. The highest BCUT2D eigenvalue weighted by Gasteiger charge is 2.47. The fraction of sp³-hybridized carbons (Fsp3) is 0.743. The molecular formula is C70H121NO10. The Morgan fingerprint density at radius 3 is 1.36 bits per heavy atom. The zero-order chi connectivity index (χ0) is 58.9. The van der Waals surface area contributed by atoms with E-state index in [-0.39, 0.29) is 19.4 Å². The minimum atomic E-state index is -1.62. The highest BCUT2D eigenvalue weighted by molar-refractivity contribution is 5.80. The second-order valence-electron chi connectivity index (χ2n) is 22.5. The molecule has 8 unspecified atom stereocenters. The van der Waals surface area contributed by atoms with Gasteiger partial charge in [0.25, 0.3) is 0 Å². The highest BCUT2D eigenvalue weighted by Crippen LogP contribution is 2.26. The number of amides is 1. The number of hydrogen-bond donors (Lipinski definition) is 6. The van der Waals surface area contributed by atoms with Crippen LogP contribution >= 0.6 is 0 Å². The van der Waals surface area contributed by atoms with Crippen molar-refractivity contribution in [1.82, 2.24) is 5.32 Å². The minimum Gasteiger partial charge on any atom is -0.454 e. The molecule has 0 radical (unpaired) electrons. The van der Waals surface area contributed by atoms with Crippen LogP contribution < -0.4 is 5.32 Å². The van der Waals surface area contributed by atoms with Gasteiger partial charge in [0.2, 0.25) is 5.91 Å². The largest absolute Gasteiger partial charge is 0.454 e. The molecule has 0 bridgehead atoms. The number of carbonyl (C=O) groups is 2. The molecule has 6 N–H and O–H groups in total. The summed E-state index contributed by atoms with van der Waals surface area (Å²) >= 11 is 0. The van der Waals surface area contributed by atoms with Crippen molar-refractivity contribution < 1.29 is 49.3 Å². The normalized spacial score (nSPS) is 19.3. The molecular weight excluding hydrogens is 1010 g/mol. The summed E-state index contributed by atoms with van der Waals surface area (Å²) in [5, 5.41) is 57.0. The molecule has 0 saturated carbocycles. The molecule has 1 amide bonds. The van der Waals surface area contributed by atoms with Crippen LogP contribution in [0.15, 0.2) is 97.2 Å². The zero-order valence-corrected chi connectivity index (χ0v) is 51.6. The maximum atomic E-state index is 13.4. The summed E-state index contributed by atoms with van der Waals surface area (Å²) in [4.78, 5) is 26.6. The number of aliphatic hydroxyl groups is 5. The molecule has 0 aromatic carbocycles. The van der Waals surface area contributed by atoms with Crippen molar-refractivity contribution in [3.8, 4) is 0 Å². The third kappa shape index (κ3) is 44.7. The van der Waals surface area contributed by atoms with E-state index in [1.54, 1.807) is 6.08 Å². The minimum absolute atomic E-state index is 0.115. The molecule has 1 aliphatic rings. The summed E-state index contributed by atoms with van der Waals surface area (Å²) in [5.74, 6) is -1.23. The first-order chi connectivity index (χ1) is 39.7. The summed E-state index contributed by atoms with van der Waals surface area (Å²) < 4.78 is 17.6. The predicted molar refractivity (Wildman–Crippen MR) is 338 cm³/mol. The first-order valence-corrected chi connectivity index (χ1v) is 33.0. The predicted octanol–water partition coefficient (Wildman–Crippen LogP) is 16.3. The Kier molecular flexibility index (Phi) is 53.2. The molecule has 0 aromatic heterocycles. The molecule has 1 aliphatic heterocycles. The number of hydrogen-bond acceptors (Lipinski definition) is 10. The lowest BCUT2D eigenvalue weighted by atomic mass is 9.99. The Hall–Kier alpha value is -3.42. The number of esters is 1. The van der Waals surface area contributed by atoms with E-state index in [1.165, 1.54) is 128 Å². The van der Waals surface area contributed by atoms with E-state index in [4.69, 9.17) is 14.2 Å². The van der Waals surface area contributed by atoms with Crippen molar-refractivity contribution in [2.24, 2.45) is 0 Å². The van der Waals surface area contributed by atoms with Gasteiger partial charge in [-0.2, -0.15) is 0 Å². The molecule has 466 valence electrons. The van der Waals surface area contributed by atoms with Gasteiger partial charge in [0.1, 0.15) is 24.4 Å². The third-order valence-electron chi connectivity index (χ3n) is 15.0. The van der Waals surface area contributed by atoms with Crippen molar-refractivity contribution in [2.45, 2.75) is 320 Å². The lowest BCUT2D eigenvalue weighted by Crippen LogP contribution is -2.61. The van der Waals surface area contributed by atoms with Crippen LogP contribution in [0.1, 0.15) is 271 Å². The fourth-order valence-corrected chi connectivity index (χ4v) is 9.77. The molecule has 1 rings (SSSR count). The quantitative estimate of drug-likeness (QED) is 0.0195. The number of carbonyl (C=O) groups excluding carboxylic acids is 2. The molecule has 0 aromatic rings. The third-order valence-corrected chi connectivity index (χ3v) is 15.0. The van der Waals surface area contributed by atoms with Gasteiger partial charge in [-0.1, -0.05) is 259 Å². The van der Waals surface area contributed by atoms with Crippen molar-refractivity contribution in [3.63, 3.8) is 0 Å². The van der Waals surface area contributed by atoms with Gasteiger partial charge in [-0.25, -0.2) is 0 Å². The summed E-state index contributed by atoms with van der Waals surface area (Å²) in [6.07, 6.45) is 65.9. The van der Waals surface area contributed by atoms with Crippen molar-refractivity contribution in [2.75, 3.05) is 13.2 Å². The number of nitrogens with one attached hydrogen (secondary N) is 1. The van der Waals surface area contributed by atoms with Crippen LogP contribution in [0, 0.1) is 0 Å². The van der Waals surface area contributed by atoms with Gasteiger partial charge >= 0.3 is 5.97 Å². The number of aliphatic hydroxyl groups excluding tert-OH is 5. The van der Waals surface area contributed by atoms with Gasteiger partial charge in [-0.05, 0) is 103 Å². The van der Waals surface area contributed by atoms with E-state index in [0.29, 0.717) is 12.8 Å². The van der Waals surface area contributed by atoms with Crippen molar-refractivity contribution >= 4 is 11.9 Å². The smallest absolute Gasteiger partial charge is 0.306 e. The number of allylic oxidation sites excluding steroid dienone is 15. The molecule has 1 fully saturated rings. The van der Waals surface area contributed by atoms with Crippen LogP contribution in [-0.2, 0) is 23.8 Å². The summed E-state index contributed by atoms with van der Waals surface area (Å²) in [6, 6.07) is -1.05. The van der Waals surface area contributed by atoms with Crippen molar-refractivity contribution in [3.05, 3.63) is 97.2 Å². The second-order valence-corrected chi connectivity index (χ2v) is 22.5. The van der Waals surface area contributed by atoms with Gasteiger partial charge in [0.05, 0.1) is 25.4 Å². The zero-order valence-electron chi connectivity index (χ0n) is 51.6. The Morgan fingerprint density at radius 1 is 0.494 bits per heavy atom. The lowest BCUT2D eigenvalue weighted by molar-refractivity contribution is -0.305. The summed E-state index contributed by atoms with van der Waals surface area (Å²) in [5.41, 5.74) is 0. The summed E-state index contributed by atoms with van der Waals surface area (Å²) in [7, 11) is 0. The molecule has 0 aliphatic carbocycles. The van der Waals surface area contributed by atoms with E-state index in [0.717, 1.165) is 96.3 Å². The fourth-order valence-electron chi connectivity index (χ4n) is 9.77. The average molecular weight is 1140 g/mol. The Morgan fingerprint density at radius 2 is 0.889 bits per heavy atom. The first-order valence-electron chi connectivity index (χ1n) is 33.0. The van der Waals surface area contributed by atoms with Gasteiger partial charge in [-0.15, -0.1) is 0 Å². The first kappa shape index (κ1) is 75.6. The molecule has 1 heterocycles. The molecule has 8 atom stereocenters. The van der Waals surface area contributed by atoms with E-state index in [2.05, 4.69) is 111 Å². The van der Waals surface area contributed by atoms with Gasteiger partial charge in [0.15, 0.2) is 12.4 Å². The number of rotatable bonds is 55. The molecule has 0 spiro atoms. The summed E-state index contributed by atoms with van der Waals surface area (Å²) in [6.45, 7) is 5.63. The molecule has 11 heteroatoms. The van der Waals surface area contributed by atoms with Gasteiger partial charge in [-0.3, -0.25) is 9.59 Å². The maximum absolute atomic E-state index is 13.4. The van der Waals surface area contributed by atoms with Crippen LogP contribution in [-0.4, -0.2) is 99.6 Å². The second kappa shape index (κ2) is 57.0. The molecule has 1 saturated heterocycles. The van der Waals surface area contributed by atoms with Crippen LogP contribution in [0.5, 0.6) is 0 Å². The van der Waals surface area contributed by atoms with Crippen LogP contribution in [0.3, 0.4) is 0 Å². The van der Waals surface area contributed by atoms with Crippen LogP contribution in [0.25, 0.3) is 0 Å². The van der Waals surface area contributed by atoms with Crippen LogP contribution in [0.4, 0.5) is 0 Å². The van der Waals surface area contributed by atoms with E-state index in [9.17, 15) is 35.1 Å². The lowest BCUT2D eigenvalue weighted by Gasteiger charge is -2.41. The monoisotopic (exact) mass is 1140 g/mol. The Balaban J connectivity index is 2.63. The standard InChI is InChI=1S/C70H121NO10/c1-4-7-10-13-16-19-22-24-26-28-30-31-32-33-34-36-38-40-43-46-49-52-55-58-65(75)81-68-67(77)66(76)64(59-72)80-70(68)79-60-61(62(73)56-53-50-47-44-41-21-18-15-12-9-6-3)71-69(78)63(74)57-54-51-48-45-42-39-37-35-29-27-25-23-20-17-14-11-8-5-2/h8,11,16-17,19-20,24-27,35,37,42,45,53,56,61-64,66-68,70,72-74,76-77H,4-7,9-10,12-15,18,21-23,28-34,36,38-41,43-44,46-52,54-55,57-60H2,1-3H3,(H,71,78)/b11-8-,19-16-,20-17-,26-24-,27-25-,37-35-,45-42-,56-53+. The van der Waals surface area contributed by atoms with E-state index < -0.39 is 67.4 Å². The van der Waals surface area contributed by atoms with E-state index >= 15 is 0 Å². The SMILES string of the molecule is CC/C=C\C/C=C\C/C=C\C/C=C\C/C=C\CCCCC(O)C(=O)NC(COC1OC(CO)C(O)C(O)C1OC(=O)CCCCCCCCCCCCCCC/C=C\C/C=C\CCCCC)C(O)/C=C/CCCCCCCCCCC.